The van der Waals surface area contributed by atoms with Gasteiger partial charge in [-0.3, -0.25) is 0 Å². The molecule has 0 aliphatic rings. The van der Waals surface area contributed by atoms with E-state index in [4.69, 9.17) is 16.3 Å². The van der Waals surface area contributed by atoms with Crippen molar-refractivity contribution in [3.8, 4) is 39.6 Å². The number of methoxy groups -OCH3 is 1. The Bertz CT molecular complexity index is 2250. The van der Waals surface area contributed by atoms with Gasteiger partial charge < -0.3 is 4.74 Å². The third kappa shape index (κ3) is 4.95. The molecule has 0 aliphatic heterocycles. The summed E-state index contributed by atoms with van der Waals surface area (Å²) in [5.74, 6) is -1.76. The SMILES string of the molecule is COC(=O)c1ccc(-c2cccc(-c3c(-c4ccsc4C#N)c4cc(F)ccc4n3S(=O)(=O)c3ccc(F)cc3)c2)c(Cl)c1. The lowest BCUT2D eigenvalue weighted by atomic mass is 9.96. The molecule has 0 bridgehead atoms. The summed E-state index contributed by atoms with van der Waals surface area (Å²) in [5, 5.41) is 12.1. The highest BCUT2D eigenvalue weighted by atomic mass is 35.5. The van der Waals surface area contributed by atoms with Crippen molar-refractivity contribution in [2.75, 3.05) is 7.11 Å². The Hall–Kier alpha value is -4.82. The van der Waals surface area contributed by atoms with Crippen LogP contribution in [0.5, 0.6) is 0 Å². The number of esters is 1. The van der Waals surface area contributed by atoms with Crippen molar-refractivity contribution in [3.63, 3.8) is 0 Å². The molecule has 0 saturated heterocycles. The predicted octanol–water partition coefficient (Wildman–Crippen LogP) is 8.53. The zero-order chi connectivity index (χ0) is 31.2. The van der Waals surface area contributed by atoms with Crippen LogP contribution in [0.3, 0.4) is 0 Å². The largest absolute Gasteiger partial charge is 0.465 e. The Morgan fingerprint density at radius 2 is 1.64 bits per heavy atom. The van der Waals surface area contributed by atoms with Gasteiger partial charge in [-0.25, -0.2) is 26.0 Å². The quantitative estimate of drug-likeness (QED) is 0.170. The molecule has 4 aromatic carbocycles. The number of benzene rings is 4. The van der Waals surface area contributed by atoms with Crippen LogP contribution in [0.15, 0.2) is 101 Å². The fourth-order valence-corrected chi connectivity index (χ4v) is 7.68. The Morgan fingerprint density at radius 3 is 2.34 bits per heavy atom. The average Bonchev–Trinajstić information content (AvgIpc) is 3.63. The van der Waals surface area contributed by atoms with E-state index in [-0.39, 0.29) is 32.1 Å². The molecule has 0 atom stereocenters. The van der Waals surface area contributed by atoms with Crippen LogP contribution in [0.2, 0.25) is 5.02 Å². The van der Waals surface area contributed by atoms with Crippen LogP contribution in [0.4, 0.5) is 8.78 Å². The minimum absolute atomic E-state index is 0.168. The van der Waals surface area contributed by atoms with E-state index in [0.29, 0.717) is 32.7 Å². The number of nitrogens with zero attached hydrogens (tertiary/aromatic N) is 2. The molecule has 44 heavy (non-hydrogen) atoms. The normalized spacial score (nSPS) is 11.4. The highest BCUT2D eigenvalue weighted by Gasteiger charge is 2.30. The van der Waals surface area contributed by atoms with E-state index in [1.165, 1.54) is 36.6 Å². The van der Waals surface area contributed by atoms with Crippen molar-refractivity contribution in [3.05, 3.63) is 123 Å². The van der Waals surface area contributed by atoms with E-state index in [0.717, 1.165) is 34.3 Å². The number of aromatic nitrogens is 1. The van der Waals surface area contributed by atoms with Crippen LogP contribution in [0.25, 0.3) is 44.4 Å². The summed E-state index contributed by atoms with van der Waals surface area (Å²) in [4.78, 5) is 12.1. The first-order valence-corrected chi connectivity index (χ1v) is 15.7. The maximum atomic E-state index is 14.8. The molecule has 0 saturated carbocycles. The molecule has 11 heteroatoms. The average molecular weight is 645 g/mol. The monoisotopic (exact) mass is 644 g/mol. The van der Waals surface area contributed by atoms with E-state index in [2.05, 4.69) is 6.07 Å². The number of carbonyl (C=O) groups excluding carboxylic acids is 1. The molecule has 0 radical (unpaired) electrons. The van der Waals surface area contributed by atoms with E-state index < -0.39 is 27.6 Å². The Labute approximate surface area is 260 Å². The maximum Gasteiger partial charge on any atom is 0.337 e. The molecule has 6 aromatic rings. The molecule has 0 amide bonds. The molecule has 2 aromatic heterocycles. The lowest BCUT2D eigenvalue weighted by molar-refractivity contribution is 0.0600. The highest BCUT2D eigenvalue weighted by molar-refractivity contribution is 7.90. The van der Waals surface area contributed by atoms with Crippen molar-refractivity contribution < 1.29 is 26.7 Å². The number of hydrogen-bond acceptors (Lipinski definition) is 6. The first-order valence-electron chi connectivity index (χ1n) is 13.0. The van der Waals surface area contributed by atoms with Gasteiger partial charge in [0.1, 0.15) is 22.6 Å². The lowest BCUT2D eigenvalue weighted by Crippen LogP contribution is -2.14. The van der Waals surface area contributed by atoms with Gasteiger partial charge in [-0.2, -0.15) is 5.26 Å². The number of rotatable bonds is 6. The zero-order valence-corrected chi connectivity index (χ0v) is 25.1. The summed E-state index contributed by atoms with van der Waals surface area (Å²) < 4.78 is 63.1. The van der Waals surface area contributed by atoms with Crippen molar-refractivity contribution in [1.29, 1.82) is 5.26 Å². The van der Waals surface area contributed by atoms with Gasteiger partial charge in [0.2, 0.25) is 0 Å². The van der Waals surface area contributed by atoms with Crippen LogP contribution in [-0.4, -0.2) is 25.5 Å². The number of hydrogen-bond donors (Lipinski definition) is 0. The van der Waals surface area contributed by atoms with Crippen molar-refractivity contribution in [1.82, 2.24) is 3.97 Å². The van der Waals surface area contributed by atoms with Gasteiger partial charge >= 0.3 is 5.97 Å². The van der Waals surface area contributed by atoms with E-state index in [1.54, 1.807) is 47.8 Å². The molecule has 6 nitrogen and oxygen atoms in total. The number of nitriles is 1. The van der Waals surface area contributed by atoms with Gasteiger partial charge in [0.05, 0.1) is 28.8 Å². The smallest absolute Gasteiger partial charge is 0.337 e. The van der Waals surface area contributed by atoms with Gasteiger partial charge in [-0.15, -0.1) is 11.3 Å². The first kappa shape index (κ1) is 29.3. The summed E-state index contributed by atoms with van der Waals surface area (Å²) in [6, 6.07) is 23.6. The van der Waals surface area contributed by atoms with Gasteiger partial charge in [0.15, 0.2) is 0 Å². The summed E-state index contributed by atoms with van der Waals surface area (Å²) in [7, 11) is -3.13. The molecule has 0 unspecified atom stereocenters. The lowest BCUT2D eigenvalue weighted by Gasteiger charge is -2.15. The highest BCUT2D eigenvalue weighted by Crippen LogP contribution is 2.46. The summed E-state index contributed by atoms with van der Waals surface area (Å²) in [5.41, 5.74) is 2.95. The minimum Gasteiger partial charge on any atom is -0.465 e. The Balaban J connectivity index is 1.70. The molecular weight excluding hydrogens is 626 g/mol. The van der Waals surface area contributed by atoms with Crippen LogP contribution in [0.1, 0.15) is 15.2 Å². The van der Waals surface area contributed by atoms with Gasteiger partial charge in [-0.1, -0.05) is 35.9 Å². The Morgan fingerprint density at radius 1 is 0.909 bits per heavy atom. The van der Waals surface area contributed by atoms with Crippen LogP contribution in [-0.2, 0) is 14.8 Å². The molecule has 0 fully saturated rings. The molecule has 2 heterocycles. The maximum absolute atomic E-state index is 14.8. The molecular formula is C33H19ClF2N2O4S2. The first-order chi connectivity index (χ1) is 21.1. The second-order valence-electron chi connectivity index (χ2n) is 9.65. The van der Waals surface area contributed by atoms with E-state index in [9.17, 15) is 27.3 Å². The van der Waals surface area contributed by atoms with Crippen LogP contribution in [0, 0.1) is 23.0 Å². The fraction of sp³-hybridized carbons (Fsp3) is 0.0303. The van der Waals surface area contributed by atoms with Crippen LogP contribution < -0.4 is 0 Å². The minimum atomic E-state index is -4.40. The summed E-state index contributed by atoms with van der Waals surface area (Å²) >= 11 is 7.75. The third-order valence-corrected chi connectivity index (χ3v) is 9.97. The van der Waals surface area contributed by atoms with E-state index in [1.807, 2.05) is 0 Å². The molecule has 6 rings (SSSR count). The molecule has 0 N–H and O–H groups in total. The number of halogens is 3. The summed E-state index contributed by atoms with van der Waals surface area (Å²) in [6.07, 6.45) is 0. The fourth-order valence-electron chi connectivity index (χ4n) is 5.15. The van der Waals surface area contributed by atoms with Gasteiger partial charge in [0, 0.05) is 32.7 Å². The van der Waals surface area contributed by atoms with Crippen molar-refractivity contribution in [2.24, 2.45) is 0 Å². The number of ether oxygens (including phenoxy) is 1. The van der Waals surface area contributed by atoms with Crippen molar-refractivity contribution >= 4 is 49.8 Å². The zero-order valence-electron chi connectivity index (χ0n) is 22.7. The predicted molar refractivity (Wildman–Crippen MR) is 166 cm³/mol. The number of fused-ring (bicyclic) bond motifs is 1. The number of carbonyl (C=O) groups is 1. The standard InChI is InChI=1S/C33H19ClF2N2O4S2/c1-42-33(39)21-5-11-25(28(34)16-21)19-3-2-4-20(15-19)32-31(26-13-14-43-30(26)18-37)27-17-23(36)8-12-29(27)38(32)44(40,41)24-9-6-22(35)7-10-24/h2-17H,1H3. The van der Waals surface area contributed by atoms with Gasteiger partial charge in [-0.05, 0) is 77.7 Å². The molecule has 0 aliphatic carbocycles. The third-order valence-electron chi connectivity index (χ3n) is 7.11. The van der Waals surface area contributed by atoms with E-state index >= 15 is 0 Å². The Kier molecular flexibility index (Phi) is 7.55. The summed E-state index contributed by atoms with van der Waals surface area (Å²) in [6.45, 7) is 0. The second-order valence-corrected chi connectivity index (χ2v) is 12.8. The second kappa shape index (κ2) is 11.4. The van der Waals surface area contributed by atoms with Crippen molar-refractivity contribution in [2.45, 2.75) is 4.90 Å². The molecule has 218 valence electrons. The van der Waals surface area contributed by atoms with Crippen LogP contribution >= 0.6 is 22.9 Å². The molecule has 0 spiro atoms. The topological polar surface area (TPSA) is 89.2 Å². The van der Waals surface area contributed by atoms with Gasteiger partial charge in [0.25, 0.3) is 10.0 Å². The number of thiophene rings is 1.